The summed E-state index contributed by atoms with van der Waals surface area (Å²) in [7, 11) is 1.91. The van der Waals surface area contributed by atoms with Gasteiger partial charge in [-0.1, -0.05) is 53.8 Å². The van der Waals surface area contributed by atoms with Crippen LogP contribution in [0.3, 0.4) is 0 Å². The highest BCUT2D eigenvalue weighted by Crippen LogP contribution is 2.32. The van der Waals surface area contributed by atoms with Crippen molar-refractivity contribution in [2.75, 3.05) is 18.5 Å². The smallest absolute Gasteiger partial charge is 0.239 e. The zero-order valence-electron chi connectivity index (χ0n) is 14.2. The number of rotatable bonds is 5. The highest BCUT2D eigenvalue weighted by molar-refractivity contribution is 7.22. The SMILES string of the molecule is Cc1ccc(C)c2sc(N(C)CC(=O)NCc3ccccc3)nc12. The predicted octanol–water partition coefficient (Wildman–Crippen LogP) is 3.67. The van der Waals surface area contributed by atoms with Gasteiger partial charge >= 0.3 is 0 Å². The van der Waals surface area contributed by atoms with Crippen molar-refractivity contribution in [3.05, 3.63) is 59.2 Å². The Bertz CT molecular complexity index is 819. The quantitative estimate of drug-likeness (QED) is 0.771. The first-order valence-electron chi connectivity index (χ1n) is 7.93. The largest absolute Gasteiger partial charge is 0.350 e. The number of aryl methyl sites for hydroxylation is 2. The van der Waals surface area contributed by atoms with Crippen LogP contribution < -0.4 is 10.2 Å². The number of hydrogen-bond acceptors (Lipinski definition) is 4. The number of benzene rings is 2. The maximum absolute atomic E-state index is 12.2. The van der Waals surface area contributed by atoms with Crippen LogP contribution in [0.2, 0.25) is 0 Å². The summed E-state index contributed by atoms with van der Waals surface area (Å²) in [5.41, 5.74) is 4.52. The second-order valence-corrected chi connectivity index (χ2v) is 6.97. The molecule has 0 radical (unpaired) electrons. The van der Waals surface area contributed by atoms with Crippen LogP contribution in [0.5, 0.6) is 0 Å². The number of aromatic nitrogens is 1. The molecule has 1 heterocycles. The highest BCUT2D eigenvalue weighted by Gasteiger charge is 2.14. The Hall–Kier alpha value is -2.40. The Morgan fingerprint density at radius 2 is 1.83 bits per heavy atom. The van der Waals surface area contributed by atoms with E-state index in [9.17, 15) is 4.79 Å². The van der Waals surface area contributed by atoms with Crippen LogP contribution in [0.4, 0.5) is 5.13 Å². The second-order valence-electron chi connectivity index (χ2n) is 5.99. The number of likely N-dealkylation sites (N-methyl/N-ethyl adjacent to an activating group) is 1. The summed E-state index contributed by atoms with van der Waals surface area (Å²) >= 11 is 1.64. The monoisotopic (exact) mass is 339 g/mol. The fraction of sp³-hybridized carbons (Fsp3) is 0.263. The minimum atomic E-state index is -0.00551. The maximum atomic E-state index is 12.2. The number of thiazole rings is 1. The topological polar surface area (TPSA) is 45.2 Å². The normalized spacial score (nSPS) is 10.8. The summed E-state index contributed by atoms with van der Waals surface area (Å²) in [6.07, 6.45) is 0. The Kier molecular flexibility index (Phi) is 4.81. The summed E-state index contributed by atoms with van der Waals surface area (Å²) in [4.78, 5) is 18.8. The molecule has 0 atom stereocenters. The minimum Gasteiger partial charge on any atom is -0.350 e. The zero-order chi connectivity index (χ0) is 17.1. The number of anilines is 1. The fourth-order valence-electron chi connectivity index (χ4n) is 2.55. The summed E-state index contributed by atoms with van der Waals surface area (Å²) in [5.74, 6) is -0.00551. The third-order valence-corrected chi connectivity index (χ3v) is 5.28. The molecule has 0 spiro atoms. The number of amides is 1. The number of nitrogens with one attached hydrogen (secondary N) is 1. The van der Waals surface area contributed by atoms with Gasteiger partial charge in [0.1, 0.15) is 0 Å². The standard InChI is InChI=1S/C19H21N3OS/c1-13-9-10-14(2)18-17(13)21-19(24-18)22(3)12-16(23)20-11-15-7-5-4-6-8-15/h4-10H,11-12H2,1-3H3,(H,20,23). The van der Waals surface area contributed by atoms with Crippen LogP contribution >= 0.6 is 11.3 Å². The molecule has 1 aromatic heterocycles. The Morgan fingerprint density at radius 1 is 1.12 bits per heavy atom. The molecule has 0 saturated heterocycles. The van der Waals surface area contributed by atoms with Crippen LogP contribution in [0.25, 0.3) is 10.2 Å². The van der Waals surface area contributed by atoms with E-state index in [1.54, 1.807) is 11.3 Å². The van der Waals surface area contributed by atoms with Gasteiger partial charge in [-0.2, -0.15) is 0 Å². The molecule has 0 fully saturated rings. The molecule has 0 aliphatic heterocycles. The summed E-state index contributed by atoms with van der Waals surface area (Å²) in [6.45, 7) is 5.00. The van der Waals surface area contributed by atoms with Crippen molar-refractivity contribution < 1.29 is 4.79 Å². The van der Waals surface area contributed by atoms with Crippen molar-refractivity contribution in [2.45, 2.75) is 20.4 Å². The van der Waals surface area contributed by atoms with Crippen LogP contribution in [0.15, 0.2) is 42.5 Å². The van der Waals surface area contributed by atoms with Crippen molar-refractivity contribution in [2.24, 2.45) is 0 Å². The number of hydrogen-bond donors (Lipinski definition) is 1. The van der Waals surface area contributed by atoms with E-state index in [1.807, 2.05) is 42.3 Å². The van der Waals surface area contributed by atoms with Crippen molar-refractivity contribution in [1.29, 1.82) is 0 Å². The van der Waals surface area contributed by atoms with Gasteiger partial charge in [-0.25, -0.2) is 4.98 Å². The first kappa shape index (κ1) is 16.5. The van der Waals surface area contributed by atoms with Gasteiger partial charge in [-0.3, -0.25) is 4.79 Å². The van der Waals surface area contributed by atoms with E-state index in [2.05, 4.69) is 31.3 Å². The fourth-order valence-corrected chi connectivity index (χ4v) is 3.62. The highest BCUT2D eigenvalue weighted by atomic mass is 32.1. The average Bonchev–Trinajstić information content (AvgIpc) is 3.04. The second kappa shape index (κ2) is 7.01. The summed E-state index contributed by atoms with van der Waals surface area (Å²) in [5, 5.41) is 3.82. The molecular weight excluding hydrogens is 318 g/mol. The molecule has 0 aliphatic rings. The molecular formula is C19H21N3OS. The molecule has 2 aromatic carbocycles. The van der Waals surface area contributed by atoms with Crippen molar-refractivity contribution >= 4 is 32.6 Å². The lowest BCUT2D eigenvalue weighted by atomic mass is 10.1. The molecule has 5 heteroatoms. The van der Waals surface area contributed by atoms with E-state index >= 15 is 0 Å². The summed E-state index contributed by atoms with van der Waals surface area (Å²) in [6, 6.07) is 14.1. The lowest BCUT2D eigenvalue weighted by Gasteiger charge is -2.15. The van der Waals surface area contributed by atoms with Crippen molar-refractivity contribution in [1.82, 2.24) is 10.3 Å². The predicted molar refractivity (Wildman–Crippen MR) is 101 cm³/mol. The van der Waals surface area contributed by atoms with Crippen LogP contribution in [0.1, 0.15) is 16.7 Å². The number of carbonyl (C=O) groups excluding carboxylic acids is 1. The minimum absolute atomic E-state index is 0.00551. The van der Waals surface area contributed by atoms with Gasteiger partial charge in [0.2, 0.25) is 5.91 Å². The van der Waals surface area contributed by atoms with E-state index in [-0.39, 0.29) is 5.91 Å². The third-order valence-electron chi connectivity index (χ3n) is 3.97. The van der Waals surface area contributed by atoms with Gasteiger partial charge in [0.05, 0.1) is 16.8 Å². The van der Waals surface area contributed by atoms with Gasteiger partial charge in [0.15, 0.2) is 5.13 Å². The molecule has 0 bridgehead atoms. The Labute approximate surface area is 146 Å². The number of carbonyl (C=O) groups is 1. The summed E-state index contributed by atoms with van der Waals surface area (Å²) < 4.78 is 1.20. The molecule has 0 aliphatic carbocycles. The molecule has 3 aromatic rings. The molecule has 4 nitrogen and oxygen atoms in total. The molecule has 0 unspecified atom stereocenters. The maximum Gasteiger partial charge on any atom is 0.239 e. The van der Waals surface area contributed by atoms with E-state index in [1.165, 1.54) is 15.8 Å². The van der Waals surface area contributed by atoms with Crippen molar-refractivity contribution in [3.63, 3.8) is 0 Å². The van der Waals surface area contributed by atoms with E-state index in [4.69, 9.17) is 4.98 Å². The third kappa shape index (κ3) is 3.57. The zero-order valence-corrected chi connectivity index (χ0v) is 15.0. The average molecular weight is 339 g/mol. The van der Waals surface area contributed by atoms with E-state index in [0.29, 0.717) is 13.1 Å². The van der Waals surface area contributed by atoms with Crippen molar-refractivity contribution in [3.8, 4) is 0 Å². The molecule has 124 valence electrons. The van der Waals surface area contributed by atoms with E-state index in [0.717, 1.165) is 16.2 Å². The van der Waals surface area contributed by atoms with E-state index < -0.39 is 0 Å². The van der Waals surface area contributed by atoms with Gasteiger partial charge in [0, 0.05) is 13.6 Å². The first-order chi connectivity index (χ1) is 11.5. The lowest BCUT2D eigenvalue weighted by molar-refractivity contribution is -0.119. The number of nitrogens with zero attached hydrogens (tertiary/aromatic N) is 2. The molecule has 0 saturated carbocycles. The molecule has 1 N–H and O–H groups in total. The molecule has 3 rings (SSSR count). The molecule has 1 amide bonds. The Balaban J connectivity index is 1.66. The Morgan fingerprint density at radius 3 is 2.54 bits per heavy atom. The molecule has 24 heavy (non-hydrogen) atoms. The lowest BCUT2D eigenvalue weighted by Crippen LogP contribution is -2.34. The van der Waals surface area contributed by atoms with Gasteiger partial charge in [-0.15, -0.1) is 0 Å². The number of fused-ring (bicyclic) bond motifs is 1. The van der Waals surface area contributed by atoms with Gasteiger partial charge in [0.25, 0.3) is 0 Å². The first-order valence-corrected chi connectivity index (χ1v) is 8.75. The van der Waals surface area contributed by atoms with Gasteiger partial charge in [-0.05, 0) is 30.5 Å². The van der Waals surface area contributed by atoms with Crippen LogP contribution in [-0.4, -0.2) is 24.5 Å². The van der Waals surface area contributed by atoms with Crippen LogP contribution in [-0.2, 0) is 11.3 Å². The van der Waals surface area contributed by atoms with Gasteiger partial charge < -0.3 is 10.2 Å². The van der Waals surface area contributed by atoms with Crippen LogP contribution in [0, 0.1) is 13.8 Å².